The number of anilines is 1. The predicted octanol–water partition coefficient (Wildman–Crippen LogP) is 3.24. The highest BCUT2D eigenvalue weighted by Gasteiger charge is 2.25. The van der Waals surface area contributed by atoms with Crippen molar-refractivity contribution < 1.29 is 9.59 Å². The second kappa shape index (κ2) is 10.8. The lowest BCUT2D eigenvalue weighted by Gasteiger charge is -2.26. The second-order valence-corrected chi connectivity index (χ2v) is 9.18. The highest BCUT2D eigenvalue weighted by molar-refractivity contribution is 6.00. The van der Waals surface area contributed by atoms with Gasteiger partial charge in [0.1, 0.15) is 12.1 Å². The van der Waals surface area contributed by atoms with Crippen LogP contribution in [0.25, 0.3) is 28.2 Å². The molecule has 5 rings (SSSR count). The van der Waals surface area contributed by atoms with Gasteiger partial charge in [-0.3, -0.25) is 9.59 Å². The van der Waals surface area contributed by atoms with Crippen molar-refractivity contribution in [2.75, 3.05) is 12.8 Å². The molecule has 39 heavy (non-hydrogen) atoms. The molecule has 0 aliphatic heterocycles. The van der Waals surface area contributed by atoms with Crippen LogP contribution in [-0.4, -0.2) is 69.4 Å². The van der Waals surface area contributed by atoms with E-state index in [1.54, 1.807) is 30.5 Å². The number of aromatic nitrogens is 8. The summed E-state index contributed by atoms with van der Waals surface area (Å²) >= 11 is 0. The van der Waals surface area contributed by atoms with Gasteiger partial charge in [0.2, 0.25) is 5.82 Å². The zero-order valence-electron chi connectivity index (χ0n) is 21.9. The van der Waals surface area contributed by atoms with E-state index in [4.69, 9.17) is 10.7 Å². The fourth-order valence-electron chi connectivity index (χ4n) is 4.65. The third kappa shape index (κ3) is 4.96. The predicted molar refractivity (Wildman–Crippen MR) is 145 cm³/mol. The van der Waals surface area contributed by atoms with E-state index < -0.39 is 0 Å². The molecule has 0 radical (unpaired) electrons. The largest absolute Gasteiger partial charge is 0.383 e. The molecule has 1 aromatic carbocycles. The van der Waals surface area contributed by atoms with Crippen molar-refractivity contribution in [3.8, 4) is 22.5 Å². The molecule has 4 heterocycles. The molecule has 12 nitrogen and oxygen atoms in total. The van der Waals surface area contributed by atoms with Crippen LogP contribution in [0.2, 0.25) is 0 Å². The molecule has 0 aliphatic carbocycles. The van der Waals surface area contributed by atoms with Crippen LogP contribution in [0.5, 0.6) is 0 Å². The van der Waals surface area contributed by atoms with Gasteiger partial charge in [-0.1, -0.05) is 37.3 Å². The lowest BCUT2D eigenvalue weighted by Crippen LogP contribution is -2.37. The van der Waals surface area contributed by atoms with Crippen molar-refractivity contribution in [3.63, 3.8) is 0 Å². The Bertz CT molecular complexity index is 1610. The number of ketones is 1. The van der Waals surface area contributed by atoms with Crippen LogP contribution in [0.1, 0.15) is 53.4 Å². The number of nitrogens with zero attached hydrogens (tertiary/aromatic N) is 8. The number of carbonyl (C=O) groups excluding carboxylic acids is 2. The lowest BCUT2D eigenvalue weighted by atomic mass is 10.0. The molecule has 1 amide bonds. The van der Waals surface area contributed by atoms with Gasteiger partial charge in [-0.05, 0) is 26.2 Å². The Morgan fingerprint density at radius 2 is 1.85 bits per heavy atom. The zero-order chi connectivity index (χ0) is 27.5. The standard InChI is InChI=1S/C27H28N10O2/c1-4-19(36(3)27(39)25-31-15-32-35-25)10-11-21-22(16(2)38)23(28)37-26(34-21)20(14-33-37)18-12-29-24(30-13-18)17-8-6-5-7-9-17/h5-9,12-15,19H,4,10-11,28H2,1-3H3,(H,31,32,35)/t19-/m1/s1. The van der Waals surface area contributed by atoms with Crippen LogP contribution in [0.3, 0.4) is 0 Å². The Balaban J connectivity index is 1.46. The Hall–Kier alpha value is -5.00. The van der Waals surface area contributed by atoms with Gasteiger partial charge in [0.25, 0.3) is 5.91 Å². The van der Waals surface area contributed by atoms with E-state index >= 15 is 0 Å². The van der Waals surface area contributed by atoms with Crippen LogP contribution in [0.15, 0.2) is 55.2 Å². The molecule has 0 aliphatic rings. The molecule has 0 saturated carbocycles. The molecule has 198 valence electrons. The third-order valence-electron chi connectivity index (χ3n) is 6.78. The van der Waals surface area contributed by atoms with E-state index in [1.165, 1.54) is 17.8 Å². The smallest absolute Gasteiger partial charge is 0.291 e. The van der Waals surface area contributed by atoms with Gasteiger partial charge in [-0.2, -0.15) is 9.61 Å². The Morgan fingerprint density at radius 1 is 1.10 bits per heavy atom. The number of aryl methyl sites for hydroxylation is 1. The Labute approximate surface area is 224 Å². The number of fused-ring (bicyclic) bond motifs is 1. The number of H-pyrrole nitrogens is 1. The van der Waals surface area contributed by atoms with E-state index in [0.29, 0.717) is 47.6 Å². The highest BCUT2D eigenvalue weighted by atomic mass is 16.2. The normalized spacial score (nSPS) is 12.0. The van der Waals surface area contributed by atoms with E-state index in [2.05, 4.69) is 30.2 Å². The monoisotopic (exact) mass is 524 g/mol. The summed E-state index contributed by atoms with van der Waals surface area (Å²) < 4.78 is 1.47. The summed E-state index contributed by atoms with van der Waals surface area (Å²) in [7, 11) is 1.73. The van der Waals surface area contributed by atoms with Gasteiger partial charge >= 0.3 is 0 Å². The van der Waals surface area contributed by atoms with Crippen molar-refractivity contribution in [2.24, 2.45) is 0 Å². The molecule has 12 heteroatoms. The maximum atomic E-state index is 12.8. The van der Waals surface area contributed by atoms with Gasteiger partial charge in [-0.25, -0.2) is 15.0 Å². The highest BCUT2D eigenvalue weighted by Crippen LogP contribution is 2.28. The summed E-state index contributed by atoms with van der Waals surface area (Å²) in [6.45, 7) is 3.46. The van der Waals surface area contributed by atoms with Crippen molar-refractivity contribution in [3.05, 3.63) is 72.3 Å². The number of carbonyl (C=O) groups is 2. The molecule has 0 saturated heterocycles. The Kier molecular flexibility index (Phi) is 7.08. The molecule has 0 unspecified atom stereocenters. The van der Waals surface area contributed by atoms with Crippen molar-refractivity contribution in [2.45, 2.75) is 39.2 Å². The van der Waals surface area contributed by atoms with Crippen molar-refractivity contribution >= 4 is 23.2 Å². The third-order valence-corrected chi connectivity index (χ3v) is 6.78. The molecule has 4 aromatic heterocycles. The fourth-order valence-corrected chi connectivity index (χ4v) is 4.65. The minimum absolute atomic E-state index is 0.120. The number of nitrogens with one attached hydrogen (secondary N) is 1. The first-order valence-electron chi connectivity index (χ1n) is 12.6. The minimum Gasteiger partial charge on any atom is -0.383 e. The zero-order valence-corrected chi connectivity index (χ0v) is 21.9. The first-order valence-corrected chi connectivity index (χ1v) is 12.6. The number of Topliss-reactive ketones (excluding diaryl/α,β-unsaturated/α-hetero) is 1. The average molecular weight is 525 g/mol. The molecule has 0 bridgehead atoms. The molecule has 1 atom stereocenters. The van der Waals surface area contributed by atoms with E-state index in [0.717, 1.165) is 11.1 Å². The molecular formula is C27H28N10O2. The van der Waals surface area contributed by atoms with Gasteiger partial charge in [-0.15, -0.1) is 10.2 Å². The number of aromatic amines is 1. The first kappa shape index (κ1) is 25.6. The molecule has 0 fully saturated rings. The van der Waals surface area contributed by atoms with Crippen LogP contribution in [0, 0.1) is 0 Å². The molecule has 5 aromatic rings. The molecule has 0 spiro atoms. The summed E-state index contributed by atoms with van der Waals surface area (Å²) in [6.07, 6.45) is 8.15. The molecular weight excluding hydrogens is 496 g/mol. The fraction of sp³-hybridized carbons (Fsp3) is 0.259. The summed E-state index contributed by atoms with van der Waals surface area (Å²) in [6, 6.07) is 9.58. The topological polar surface area (TPSA) is 161 Å². The number of nitrogens with two attached hydrogens (primary N) is 1. The van der Waals surface area contributed by atoms with Gasteiger partial charge in [0, 0.05) is 42.2 Å². The van der Waals surface area contributed by atoms with E-state index in [1.807, 2.05) is 37.3 Å². The first-order chi connectivity index (χ1) is 18.9. The number of nitrogen functional groups attached to an aromatic ring is 1. The Morgan fingerprint density at radius 3 is 2.49 bits per heavy atom. The van der Waals surface area contributed by atoms with E-state index in [-0.39, 0.29) is 29.4 Å². The average Bonchev–Trinajstić information content (AvgIpc) is 3.64. The van der Waals surface area contributed by atoms with Crippen LogP contribution in [-0.2, 0) is 6.42 Å². The van der Waals surface area contributed by atoms with E-state index in [9.17, 15) is 9.59 Å². The summed E-state index contributed by atoms with van der Waals surface area (Å²) in [5, 5.41) is 11.9. The van der Waals surface area contributed by atoms with Crippen molar-refractivity contribution in [1.82, 2.24) is 44.6 Å². The van der Waals surface area contributed by atoms with Gasteiger partial charge in [0.05, 0.1) is 17.5 Å². The number of amides is 1. The second-order valence-electron chi connectivity index (χ2n) is 9.18. The maximum absolute atomic E-state index is 12.8. The van der Waals surface area contributed by atoms with Crippen LogP contribution < -0.4 is 5.73 Å². The van der Waals surface area contributed by atoms with Gasteiger partial charge in [0.15, 0.2) is 17.3 Å². The number of benzene rings is 1. The summed E-state index contributed by atoms with van der Waals surface area (Å²) in [5.41, 5.74) is 10.2. The quantitative estimate of drug-likeness (QED) is 0.276. The number of hydrogen-bond acceptors (Lipinski definition) is 9. The van der Waals surface area contributed by atoms with Crippen LogP contribution in [0.4, 0.5) is 5.82 Å². The number of hydrogen-bond donors (Lipinski definition) is 2. The summed E-state index contributed by atoms with van der Waals surface area (Å²) in [5.74, 6) is 0.537. The SMILES string of the molecule is CC[C@H](CCc1nc2c(-c3cnc(-c4ccccc4)nc3)cnn2c(N)c1C(C)=O)N(C)C(=O)c1nnc[nH]1. The minimum atomic E-state index is -0.258. The van der Waals surface area contributed by atoms with Crippen LogP contribution >= 0.6 is 0 Å². The molecule has 3 N–H and O–H groups in total. The lowest BCUT2D eigenvalue weighted by molar-refractivity contribution is 0.0707. The maximum Gasteiger partial charge on any atom is 0.291 e. The van der Waals surface area contributed by atoms with Crippen molar-refractivity contribution in [1.29, 1.82) is 0 Å². The number of rotatable bonds is 9. The van der Waals surface area contributed by atoms with Gasteiger partial charge < -0.3 is 15.6 Å². The summed E-state index contributed by atoms with van der Waals surface area (Å²) in [4.78, 5) is 43.7.